The molecular formula is C14H19FN2O3S. The molecule has 3 rings (SSSR count). The summed E-state index contributed by atoms with van der Waals surface area (Å²) >= 11 is 0. The summed E-state index contributed by atoms with van der Waals surface area (Å²) in [6, 6.07) is 5.76. The topological polar surface area (TPSA) is 49.9 Å². The smallest absolute Gasteiger partial charge is 0.246 e. The van der Waals surface area contributed by atoms with Crippen LogP contribution in [0.5, 0.6) is 0 Å². The van der Waals surface area contributed by atoms with E-state index in [1.165, 1.54) is 22.5 Å². The van der Waals surface area contributed by atoms with Crippen molar-refractivity contribution in [1.82, 2.24) is 9.21 Å². The van der Waals surface area contributed by atoms with E-state index < -0.39 is 15.8 Å². The maximum absolute atomic E-state index is 13.8. The zero-order chi connectivity index (χ0) is 14.9. The highest BCUT2D eigenvalue weighted by Gasteiger charge is 2.36. The molecule has 0 amide bonds. The second-order valence-corrected chi connectivity index (χ2v) is 7.29. The van der Waals surface area contributed by atoms with Crippen LogP contribution in [0, 0.1) is 5.82 Å². The van der Waals surface area contributed by atoms with Gasteiger partial charge in [0.2, 0.25) is 10.0 Å². The van der Waals surface area contributed by atoms with Crippen LogP contribution in [0.25, 0.3) is 0 Å². The van der Waals surface area contributed by atoms with E-state index in [0.717, 1.165) is 19.5 Å². The first kappa shape index (κ1) is 14.9. The van der Waals surface area contributed by atoms with E-state index in [2.05, 4.69) is 4.90 Å². The zero-order valence-corrected chi connectivity index (χ0v) is 12.6. The number of sulfonamides is 1. The Labute approximate surface area is 124 Å². The fraction of sp³-hybridized carbons (Fsp3) is 0.571. The summed E-state index contributed by atoms with van der Waals surface area (Å²) in [5, 5.41) is 0. The molecule has 21 heavy (non-hydrogen) atoms. The van der Waals surface area contributed by atoms with Gasteiger partial charge in [-0.2, -0.15) is 4.31 Å². The van der Waals surface area contributed by atoms with Crippen LogP contribution < -0.4 is 0 Å². The zero-order valence-electron chi connectivity index (χ0n) is 11.7. The van der Waals surface area contributed by atoms with Crippen molar-refractivity contribution in [3.63, 3.8) is 0 Å². The van der Waals surface area contributed by atoms with Gasteiger partial charge in [-0.15, -0.1) is 0 Å². The Morgan fingerprint density at radius 2 is 1.86 bits per heavy atom. The van der Waals surface area contributed by atoms with Crippen molar-refractivity contribution in [1.29, 1.82) is 0 Å². The highest BCUT2D eigenvalue weighted by atomic mass is 32.2. The molecule has 116 valence electrons. The van der Waals surface area contributed by atoms with E-state index in [9.17, 15) is 12.8 Å². The average Bonchev–Trinajstić information content (AvgIpc) is 2.99. The first-order chi connectivity index (χ1) is 10.1. The van der Waals surface area contributed by atoms with Crippen LogP contribution in [0.3, 0.4) is 0 Å². The number of benzene rings is 1. The monoisotopic (exact) mass is 314 g/mol. The van der Waals surface area contributed by atoms with Gasteiger partial charge in [0.1, 0.15) is 10.7 Å². The summed E-state index contributed by atoms with van der Waals surface area (Å²) in [5.74, 6) is -0.688. The lowest BCUT2D eigenvalue weighted by Gasteiger charge is -2.32. The molecule has 0 bridgehead atoms. The molecule has 1 unspecified atom stereocenters. The maximum Gasteiger partial charge on any atom is 0.246 e. The Balaban J connectivity index is 1.74. The normalized spacial score (nSPS) is 25.3. The number of hydrogen-bond acceptors (Lipinski definition) is 4. The number of halogens is 1. The fourth-order valence-corrected chi connectivity index (χ4v) is 4.52. The SMILES string of the molecule is O=S(=O)(c1ccccc1F)N1CCC(N2CCOCC2)C1. The van der Waals surface area contributed by atoms with Crippen LogP contribution in [0.2, 0.25) is 0 Å². The first-order valence-electron chi connectivity index (χ1n) is 7.15. The molecule has 1 aromatic rings. The van der Waals surface area contributed by atoms with Gasteiger partial charge in [-0.25, -0.2) is 12.8 Å². The van der Waals surface area contributed by atoms with Gasteiger partial charge in [0.05, 0.1) is 13.2 Å². The minimum absolute atomic E-state index is 0.204. The molecule has 0 aliphatic carbocycles. The van der Waals surface area contributed by atoms with Crippen LogP contribution in [-0.2, 0) is 14.8 Å². The van der Waals surface area contributed by atoms with Crippen molar-refractivity contribution in [2.75, 3.05) is 39.4 Å². The van der Waals surface area contributed by atoms with Gasteiger partial charge in [-0.05, 0) is 18.6 Å². The minimum Gasteiger partial charge on any atom is -0.379 e. The van der Waals surface area contributed by atoms with E-state index in [1.807, 2.05) is 0 Å². The third-order valence-electron chi connectivity index (χ3n) is 4.14. The lowest BCUT2D eigenvalue weighted by Crippen LogP contribution is -2.45. The van der Waals surface area contributed by atoms with Gasteiger partial charge in [-0.3, -0.25) is 4.90 Å². The number of rotatable bonds is 3. The lowest BCUT2D eigenvalue weighted by molar-refractivity contribution is 0.0197. The highest BCUT2D eigenvalue weighted by molar-refractivity contribution is 7.89. The van der Waals surface area contributed by atoms with E-state index >= 15 is 0 Å². The Hall–Kier alpha value is -1.02. The summed E-state index contributed by atoms with van der Waals surface area (Å²) < 4.78 is 45.5. The molecule has 0 aromatic heterocycles. The lowest BCUT2D eigenvalue weighted by atomic mass is 10.2. The van der Waals surface area contributed by atoms with E-state index in [-0.39, 0.29) is 10.9 Å². The molecule has 1 atom stereocenters. The molecule has 2 aliphatic rings. The van der Waals surface area contributed by atoms with Crippen LogP contribution in [-0.4, -0.2) is 63.1 Å². The van der Waals surface area contributed by atoms with E-state index in [1.54, 1.807) is 6.07 Å². The van der Waals surface area contributed by atoms with Gasteiger partial charge in [0.25, 0.3) is 0 Å². The Morgan fingerprint density at radius 3 is 2.57 bits per heavy atom. The molecule has 5 nitrogen and oxygen atoms in total. The van der Waals surface area contributed by atoms with E-state index in [0.29, 0.717) is 26.3 Å². The fourth-order valence-electron chi connectivity index (χ4n) is 2.96. The average molecular weight is 314 g/mol. The van der Waals surface area contributed by atoms with Crippen molar-refractivity contribution in [2.45, 2.75) is 17.4 Å². The van der Waals surface area contributed by atoms with Gasteiger partial charge in [0.15, 0.2) is 0 Å². The molecule has 2 heterocycles. The van der Waals surface area contributed by atoms with Crippen molar-refractivity contribution in [3.8, 4) is 0 Å². The van der Waals surface area contributed by atoms with Crippen LogP contribution >= 0.6 is 0 Å². The predicted molar refractivity (Wildman–Crippen MR) is 76.0 cm³/mol. The van der Waals surface area contributed by atoms with Gasteiger partial charge >= 0.3 is 0 Å². The molecule has 0 N–H and O–H groups in total. The molecule has 7 heteroatoms. The summed E-state index contributed by atoms with van der Waals surface area (Å²) in [5.41, 5.74) is 0. The second kappa shape index (κ2) is 6.00. The standard InChI is InChI=1S/C14H19FN2O3S/c15-13-3-1-2-4-14(13)21(18,19)17-6-5-12(11-17)16-7-9-20-10-8-16/h1-4,12H,5-11H2. The van der Waals surface area contributed by atoms with Crippen LogP contribution in [0.1, 0.15) is 6.42 Å². The Kier molecular flexibility index (Phi) is 4.26. The van der Waals surface area contributed by atoms with Crippen LogP contribution in [0.15, 0.2) is 29.2 Å². The number of morpholine rings is 1. The van der Waals surface area contributed by atoms with Crippen molar-refractivity contribution in [3.05, 3.63) is 30.1 Å². The number of hydrogen-bond donors (Lipinski definition) is 0. The quantitative estimate of drug-likeness (QED) is 0.832. The van der Waals surface area contributed by atoms with Gasteiger partial charge in [-0.1, -0.05) is 12.1 Å². The second-order valence-electron chi connectivity index (χ2n) is 5.38. The third kappa shape index (κ3) is 2.96. The molecule has 1 aromatic carbocycles. The minimum atomic E-state index is -3.74. The molecule has 0 saturated carbocycles. The molecule has 0 spiro atoms. The van der Waals surface area contributed by atoms with Gasteiger partial charge < -0.3 is 4.74 Å². The van der Waals surface area contributed by atoms with Crippen molar-refractivity contribution < 1.29 is 17.5 Å². The van der Waals surface area contributed by atoms with Crippen molar-refractivity contribution >= 4 is 10.0 Å². The van der Waals surface area contributed by atoms with E-state index in [4.69, 9.17) is 4.74 Å². The third-order valence-corrected chi connectivity index (χ3v) is 6.04. The summed E-state index contributed by atoms with van der Waals surface area (Å²) in [6.07, 6.45) is 0.785. The predicted octanol–water partition coefficient (Wildman–Crippen LogP) is 0.921. The van der Waals surface area contributed by atoms with Crippen LogP contribution in [0.4, 0.5) is 4.39 Å². The summed E-state index contributed by atoms with van der Waals surface area (Å²) in [6.45, 7) is 3.92. The number of nitrogens with zero attached hydrogens (tertiary/aromatic N) is 2. The molecular weight excluding hydrogens is 295 g/mol. The first-order valence-corrected chi connectivity index (χ1v) is 8.59. The summed E-state index contributed by atoms with van der Waals surface area (Å²) in [7, 11) is -3.74. The summed E-state index contributed by atoms with van der Waals surface area (Å²) in [4.78, 5) is 2.04. The molecule has 0 radical (unpaired) electrons. The largest absolute Gasteiger partial charge is 0.379 e. The molecule has 2 fully saturated rings. The van der Waals surface area contributed by atoms with Crippen molar-refractivity contribution in [2.24, 2.45) is 0 Å². The Morgan fingerprint density at radius 1 is 1.14 bits per heavy atom. The highest BCUT2D eigenvalue weighted by Crippen LogP contribution is 2.25. The Bertz CT molecular complexity index is 602. The molecule has 2 saturated heterocycles. The molecule has 2 aliphatic heterocycles. The maximum atomic E-state index is 13.8. The van der Waals surface area contributed by atoms with Gasteiger partial charge in [0, 0.05) is 32.2 Å². The number of ether oxygens (including phenoxy) is 1.